The molecule has 0 aliphatic rings. The zero-order valence-electron chi connectivity index (χ0n) is 13.7. The van der Waals surface area contributed by atoms with Gasteiger partial charge in [-0.2, -0.15) is 5.10 Å². The largest absolute Gasteiger partial charge is 0.275 e. The number of aromatic amines is 1. The van der Waals surface area contributed by atoms with Crippen molar-refractivity contribution in [2.24, 2.45) is 0 Å². The van der Waals surface area contributed by atoms with E-state index in [2.05, 4.69) is 19.9 Å². The highest BCUT2D eigenvalue weighted by atomic mass is 32.2. The fourth-order valence-corrected chi connectivity index (χ4v) is 3.87. The number of aromatic nitrogens is 3. The Morgan fingerprint density at radius 3 is 2.46 bits per heavy atom. The number of nitrogens with zero attached hydrogens (tertiary/aromatic N) is 2. The van der Waals surface area contributed by atoms with Gasteiger partial charge >= 0.3 is 0 Å². The van der Waals surface area contributed by atoms with Crippen LogP contribution in [0.15, 0.2) is 47.6 Å². The highest BCUT2D eigenvalue weighted by Gasteiger charge is 2.21. The highest BCUT2D eigenvalue weighted by Crippen LogP contribution is 2.27. The maximum Gasteiger partial charge on any atom is 0.263 e. The minimum absolute atomic E-state index is 0.260. The molecule has 2 aromatic heterocycles. The first-order chi connectivity index (χ1) is 11.4. The van der Waals surface area contributed by atoms with Crippen molar-refractivity contribution in [3.63, 3.8) is 0 Å². The third-order valence-corrected chi connectivity index (χ3v) is 5.32. The molecule has 0 saturated heterocycles. The minimum Gasteiger partial charge on any atom is -0.275 e. The maximum absolute atomic E-state index is 12.7. The van der Waals surface area contributed by atoms with Crippen molar-refractivity contribution in [3.05, 3.63) is 59.4 Å². The molecule has 7 heteroatoms. The van der Waals surface area contributed by atoms with E-state index in [-0.39, 0.29) is 4.90 Å². The van der Waals surface area contributed by atoms with Gasteiger partial charge in [0.2, 0.25) is 0 Å². The SMILES string of the molecule is Cc1ccc(C)c(S(=O)(=O)Nc2n[nH]c(-c3ccncc3)c2C)c1. The normalized spacial score (nSPS) is 11.5. The summed E-state index contributed by atoms with van der Waals surface area (Å²) in [5.41, 5.74) is 3.96. The predicted octanol–water partition coefficient (Wildman–Crippen LogP) is 3.20. The van der Waals surface area contributed by atoms with Crippen molar-refractivity contribution in [3.8, 4) is 11.3 Å². The molecule has 24 heavy (non-hydrogen) atoms. The van der Waals surface area contributed by atoms with Crippen LogP contribution >= 0.6 is 0 Å². The molecule has 0 aliphatic heterocycles. The number of pyridine rings is 1. The third-order valence-electron chi connectivity index (χ3n) is 3.84. The van der Waals surface area contributed by atoms with Crippen molar-refractivity contribution in [2.45, 2.75) is 25.7 Å². The molecule has 1 aromatic carbocycles. The standard InChI is InChI=1S/C17H18N4O2S/c1-11-4-5-12(2)15(10-11)24(22,23)21-17-13(3)16(19-20-17)14-6-8-18-9-7-14/h4-10H,1-3H3,(H2,19,20,21). The van der Waals surface area contributed by atoms with Crippen LogP contribution in [0.2, 0.25) is 0 Å². The van der Waals surface area contributed by atoms with Crippen LogP contribution in [0.3, 0.4) is 0 Å². The van der Waals surface area contributed by atoms with E-state index >= 15 is 0 Å². The Kier molecular flexibility index (Phi) is 4.11. The molecule has 2 heterocycles. The van der Waals surface area contributed by atoms with Gasteiger partial charge in [-0.15, -0.1) is 0 Å². The molecule has 0 aliphatic carbocycles. The maximum atomic E-state index is 12.7. The number of sulfonamides is 1. The van der Waals surface area contributed by atoms with Gasteiger partial charge < -0.3 is 0 Å². The molecule has 124 valence electrons. The predicted molar refractivity (Wildman–Crippen MR) is 93.3 cm³/mol. The van der Waals surface area contributed by atoms with Gasteiger partial charge in [-0.3, -0.25) is 14.8 Å². The second kappa shape index (κ2) is 6.09. The average molecular weight is 342 g/mol. The Morgan fingerprint density at radius 1 is 1.04 bits per heavy atom. The van der Waals surface area contributed by atoms with Gasteiger partial charge in [-0.25, -0.2) is 8.42 Å². The first-order valence-corrected chi connectivity index (χ1v) is 8.92. The molecule has 0 fully saturated rings. The van der Waals surface area contributed by atoms with E-state index in [1.165, 1.54) is 0 Å². The van der Waals surface area contributed by atoms with Crippen molar-refractivity contribution in [2.75, 3.05) is 4.72 Å². The second-order valence-electron chi connectivity index (χ2n) is 5.68. The molecule has 0 spiro atoms. The molecule has 3 rings (SSSR count). The zero-order valence-corrected chi connectivity index (χ0v) is 14.5. The molecule has 3 aromatic rings. The Balaban J connectivity index is 1.97. The van der Waals surface area contributed by atoms with Gasteiger partial charge in [0, 0.05) is 23.5 Å². The number of aryl methyl sites for hydroxylation is 2. The molecule has 0 atom stereocenters. The molecule has 0 bridgehead atoms. The van der Waals surface area contributed by atoms with Crippen molar-refractivity contribution in [1.82, 2.24) is 15.2 Å². The van der Waals surface area contributed by atoms with Crippen molar-refractivity contribution < 1.29 is 8.42 Å². The number of nitrogens with one attached hydrogen (secondary N) is 2. The summed E-state index contributed by atoms with van der Waals surface area (Å²) in [5.74, 6) is 0.294. The topological polar surface area (TPSA) is 87.7 Å². The molecule has 0 radical (unpaired) electrons. The summed E-state index contributed by atoms with van der Waals surface area (Å²) < 4.78 is 28.0. The number of H-pyrrole nitrogens is 1. The quantitative estimate of drug-likeness (QED) is 0.762. The first kappa shape index (κ1) is 16.2. The summed E-state index contributed by atoms with van der Waals surface area (Å²) in [7, 11) is -3.70. The molecule has 0 saturated carbocycles. The van der Waals surface area contributed by atoms with Gasteiger partial charge in [0.1, 0.15) is 0 Å². The Labute approximate surface area is 141 Å². The van der Waals surface area contributed by atoms with Gasteiger partial charge in [0.15, 0.2) is 5.82 Å². The monoisotopic (exact) mass is 342 g/mol. The second-order valence-corrected chi connectivity index (χ2v) is 7.33. The van der Waals surface area contributed by atoms with E-state index in [9.17, 15) is 8.42 Å². The number of benzene rings is 1. The molecular weight excluding hydrogens is 324 g/mol. The van der Waals surface area contributed by atoms with Gasteiger partial charge in [-0.1, -0.05) is 12.1 Å². The van der Waals surface area contributed by atoms with Crippen LogP contribution < -0.4 is 4.72 Å². The van der Waals surface area contributed by atoms with E-state index in [1.54, 1.807) is 31.5 Å². The van der Waals surface area contributed by atoms with Gasteiger partial charge in [0.25, 0.3) is 10.0 Å². The number of anilines is 1. The Bertz CT molecular complexity index is 979. The molecule has 0 amide bonds. The lowest BCUT2D eigenvalue weighted by atomic mass is 10.1. The van der Waals surface area contributed by atoms with Crippen LogP contribution in [0.1, 0.15) is 16.7 Å². The molecule has 2 N–H and O–H groups in total. The lowest BCUT2D eigenvalue weighted by molar-refractivity contribution is 0.600. The van der Waals surface area contributed by atoms with Gasteiger partial charge in [-0.05, 0) is 50.1 Å². The lowest BCUT2D eigenvalue weighted by Gasteiger charge is -2.10. The van der Waals surface area contributed by atoms with E-state index < -0.39 is 10.0 Å². The molecule has 6 nitrogen and oxygen atoms in total. The fraction of sp³-hybridized carbons (Fsp3) is 0.176. The first-order valence-electron chi connectivity index (χ1n) is 7.44. The highest BCUT2D eigenvalue weighted by molar-refractivity contribution is 7.92. The Hall–Kier alpha value is -2.67. The fourth-order valence-electron chi connectivity index (χ4n) is 2.48. The summed E-state index contributed by atoms with van der Waals surface area (Å²) >= 11 is 0. The van der Waals surface area contributed by atoms with E-state index in [4.69, 9.17) is 0 Å². The third kappa shape index (κ3) is 3.03. The summed E-state index contributed by atoms with van der Waals surface area (Å²) in [6, 6.07) is 9.01. The van der Waals surface area contributed by atoms with E-state index in [1.807, 2.05) is 32.0 Å². The lowest BCUT2D eigenvalue weighted by Crippen LogP contribution is -2.15. The summed E-state index contributed by atoms with van der Waals surface area (Å²) in [6.45, 7) is 5.45. The van der Waals surface area contributed by atoms with Crippen molar-refractivity contribution in [1.29, 1.82) is 0 Å². The van der Waals surface area contributed by atoms with Crippen LogP contribution in [0.4, 0.5) is 5.82 Å². The van der Waals surface area contributed by atoms with E-state index in [0.29, 0.717) is 11.4 Å². The van der Waals surface area contributed by atoms with Crippen LogP contribution in [0.5, 0.6) is 0 Å². The Morgan fingerprint density at radius 2 is 1.75 bits per heavy atom. The minimum atomic E-state index is -3.70. The van der Waals surface area contributed by atoms with Crippen LogP contribution in [-0.4, -0.2) is 23.6 Å². The summed E-state index contributed by atoms with van der Waals surface area (Å²) in [4.78, 5) is 4.24. The smallest absolute Gasteiger partial charge is 0.263 e. The number of hydrogen-bond acceptors (Lipinski definition) is 4. The summed E-state index contributed by atoms with van der Waals surface area (Å²) in [6.07, 6.45) is 3.35. The van der Waals surface area contributed by atoms with E-state index in [0.717, 1.165) is 22.4 Å². The number of rotatable bonds is 4. The molecule has 0 unspecified atom stereocenters. The molecular formula is C17H18N4O2S. The summed E-state index contributed by atoms with van der Waals surface area (Å²) in [5, 5.41) is 7.00. The zero-order chi connectivity index (χ0) is 17.3. The van der Waals surface area contributed by atoms with Crippen LogP contribution in [0, 0.1) is 20.8 Å². The van der Waals surface area contributed by atoms with Crippen molar-refractivity contribution >= 4 is 15.8 Å². The van der Waals surface area contributed by atoms with Crippen LogP contribution in [0.25, 0.3) is 11.3 Å². The average Bonchev–Trinajstić information content (AvgIpc) is 2.91. The number of hydrogen-bond donors (Lipinski definition) is 2. The van der Waals surface area contributed by atoms with Gasteiger partial charge in [0.05, 0.1) is 10.6 Å². The van der Waals surface area contributed by atoms with Crippen LogP contribution in [-0.2, 0) is 10.0 Å².